The number of hydrogen-bond donors (Lipinski definition) is 1. The summed E-state index contributed by atoms with van der Waals surface area (Å²) >= 11 is 0. The molecular weight excluding hydrogens is 236 g/mol. The molecule has 1 heterocycles. The highest BCUT2D eigenvalue weighted by Gasteiger charge is 2.41. The van der Waals surface area contributed by atoms with E-state index in [2.05, 4.69) is 0 Å². The Morgan fingerprint density at radius 3 is 2.56 bits per heavy atom. The van der Waals surface area contributed by atoms with Crippen molar-refractivity contribution in [2.45, 2.75) is 19.1 Å². The second kappa shape index (κ2) is 4.97. The Morgan fingerprint density at radius 2 is 2.00 bits per heavy atom. The molecule has 1 aliphatic heterocycles. The van der Waals surface area contributed by atoms with E-state index < -0.39 is 23.9 Å². The van der Waals surface area contributed by atoms with Gasteiger partial charge in [-0.2, -0.15) is 4.90 Å². The first kappa shape index (κ1) is 12.3. The molecule has 0 spiro atoms. The molecule has 2 N–H and O–H groups in total. The summed E-state index contributed by atoms with van der Waals surface area (Å²) in [7, 11) is 0. The maximum atomic E-state index is 11.6. The standard InChI is InChI=1S/C12H12N2O4/c13-9-6-10(15)14(11(9)16)12(17)18-7-8-4-2-1-3-5-8/h1-5,9H,6-7,13H2. The predicted octanol–water partition coefficient (Wildman–Crippen LogP) is 0.409. The minimum atomic E-state index is -0.971. The van der Waals surface area contributed by atoms with Gasteiger partial charge in [-0.15, -0.1) is 0 Å². The Bertz CT molecular complexity index is 486. The molecule has 6 heteroatoms. The van der Waals surface area contributed by atoms with Gasteiger partial charge in [0.2, 0.25) is 5.91 Å². The molecule has 3 amide bonds. The molecule has 0 bridgehead atoms. The molecule has 94 valence electrons. The Balaban J connectivity index is 1.97. The monoisotopic (exact) mass is 248 g/mol. The van der Waals surface area contributed by atoms with Gasteiger partial charge < -0.3 is 10.5 Å². The number of rotatable bonds is 2. The topological polar surface area (TPSA) is 89.7 Å². The van der Waals surface area contributed by atoms with Gasteiger partial charge in [-0.1, -0.05) is 30.3 Å². The summed E-state index contributed by atoms with van der Waals surface area (Å²) in [6, 6.07) is 8.02. The fourth-order valence-electron chi connectivity index (χ4n) is 1.63. The second-order valence-electron chi connectivity index (χ2n) is 3.92. The Labute approximate surface area is 103 Å². The van der Waals surface area contributed by atoms with E-state index in [-0.39, 0.29) is 13.0 Å². The highest BCUT2D eigenvalue weighted by molar-refractivity contribution is 6.15. The van der Waals surface area contributed by atoms with E-state index in [4.69, 9.17) is 10.5 Å². The summed E-state index contributed by atoms with van der Waals surface area (Å²) in [5, 5.41) is 0. The van der Waals surface area contributed by atoms with Crippen LogP contribution in [0.4, 0.5) is 4.79 Å². The molecule has 0 radical (unpaired) electrons. The van der Waals surface area contributed by atoms with E-state index in [0.717, 1.165) is 5.56 Å². The number of amides is 3. The van der Waals surface area contributed by atoms with E-state index in [1.165, 1.54) is 0 Å². The molecule has 0 saturated carbocycles. The van der Waals surface area contributed by atoms with Gasteiger partial charge >= 0.3 is 6.09 Å². The van der Waals surface area contributed by atoms with Crippen molar-refractivity contribution in [3.05, 3.63) is 35.9 Å². The number of carbonyl (C=O) groups is 3. The van der Waals surface area contributed by atoms with Gasteiger partial charge in [0, 0.05) is 0 Å². The van der Waals surface area contributed by atoms with E-state index in [1.54, 1.807) is 24.3 Å². The molecule has 0 aliphatic carbocycles. The van der Waals surface area contributed by atoms with Crippen LogP contribution in [0.1, 0.15) is 12.0 Å². The van der Waals surface area contributed by atoms with Gasteiger partial charge in [0.15, 0.2) is 0 Å². The fourth-order valence-corrected chi connectivity index (χ4v) is 1.63. The van der Waals surface area contributed by atoms with Gasteiger partial charge in [0.1, 0.15) is 6.61 Å². The third kappa shape index (κ3) is 2.38. The van der Waals surface area contributed by atoms with Crippen LogP contribution >= 0.6 is 0 Å². The fraction of sp³-hybridized carbons (Fsp3) is 0.250. The molecule has 1 aromatic rings. The molecule has 1 atom stereocenters. The van der Waals surface area contributed by atoms with Crippen LogP contribution in [0.25, 0.3) is 0 Å². The smallest absolute Gasteiger partial charge is 0.423 e. The van der Waals surface area contributed by atoms with Crippen molar-refractivity contribution in [3.8, 4) is 0 Å². The maximum Gasteiger partial charge on any atom is 0.423 e. The minimum Gasteiger partial charge on any atom is -0.444 e. The lowest BCUT2D eigenvalue weighted by Crippen LogP contribution is -2.39. The van der Waals surface area contributed by atoms with Crippen LogP contribution in [-0.2, 0) is 20.9 Å². The Kier molecular flexibility index (Phi) is 3.38. The largest absolute Gasteiger partial charge is 0.444 e. The van der Waals surface area contributed by atoms with Crippen LogP contribution < -0.4 is 5.73 Å². The molecule has 18 heavy (non-hydrogen) atoms. The Hall–Kier alpha value is -2.21. The lowest BCUT2D eigenvalue weighted by atomic mass is 10.2. The molecule has 1 aliphatic rings. The number of nitrogens with two attached hydrogens (primary N) is 1. The number of ether oxygens (including phenoxy) is 1. The summed E-state index contributed by atoms with van der Waals surface area (Å²) in [4.78, 5) is 34.9. The SMILES string of the molecule is NC1CC(=O)N(C(=O)OCc2ccccc2)C1=O. The van der Waals surface area contributed by atoms with Crippen molar-refractivity contribution in [2.24, 2.45) is 5.73 Å². The van der Waals surface area contributed by atoms with E-state index in [0.29, 0.717) is 4.90 Å². The average Bonchev–Trinajstić information content (AvgIpc) is 2.62. The molecule has 1 aromatic carbocycles. The minimum absolute atomic E-state index is 0.00592. The predicted molar refractivity (Wildman–Crippen MR) is 61.1 cm³/mol. The number of hydrogen-bond acceptors (Lipinski definition) is 5. The van der Waals surface area contributed by atoms with Crippen LogP contribution in [0.3, 0.4) is 0 Å². The first-order valence-electron chi connectivity index (χ1n) is 5.42. The number of nitrogens with zero attached hydrogens (tertiary/aromatic N) is 1. The maximum absolute atomic E-state index is 11.6. The van der Waals surface area contributed by atoms with Crippen molar-refractivity contribution in [1.29, 1.82) is 0 Å². The van der Waals surface area contributed by atoms with Crippen LogP contribution in [0.15, 0.2) is 30.3 Å². The van der Waals surface area contributed by atoms with Crippen molar-refractivity contribution < 1.29 is 19.1 Å². The molecule has 2 rings (SSSR count). The van der Waals surface area contributed by atoms with Crippen LogP contribution in [-0.4, -0.2) is 28.8 Å². The highest BCUT2D eigenvalue weighted by atomic mass is 16.6. The zero-order valence-electron chi connectivity index (χ0n) is 9.54. The second-order valence-corrected chi connectivity index (χ2v) is 3.92. The first-order valence-corrected chi connectivity index (χ1v) is 5.42. The molecule has 6 nitrogen and oxygen atoms in total. The number of carbonyl (C=O) groups excluding carboxylic acids is 3. The first-order chi connectivity index (χ1) is 8.59. The van der Waals surface area contributed by atoms with Gasteiger partial charge in [0.25, 0.3) is 5.91 Å². The van der Waals surface area contributed by atoms with Crippen molar-refractivity contribution in [1.82, 2.24) is 4.90 Å². The van der Waals surface area contributed by atoms with Gasteiger partial charge in [-0.05, 0) is 5.56 Å². The van der Waals surface area contributed by atoms with Gasteiger partial charge in [-0.3, -0.25) is 9.59 Å². The average molecular weight is 248 g/mol. The lowest BCUT2D eigenvalue weighted by molar-refractivity contribution is -0.136. The lowest BCUT2D eigenvalue weighted by Gasteiger charge is -2.12. The molecule has 1 saturated heterocycles. The summed E-state index contributed by atoms with van der Waals surface area (Å²) < 4.78 is 4.89. The summed E-state index contributed by atoms with van der Waals surface area (Å²) in [5.74, 6) is -1.33. The zero-order valence-corrected chi connectivity index (χ0v) is 9.54. The zero-order chi connectivity index (χ0) is 13.1. The van der Waals surface area contributed by atoms with Crippen LogP contribution in [0.5, 0.6) is 0 Å². The molecular formula is C12H12N2O4. The van der Waals surface area contributed by atoms with E-state index in [1.807, 2.05) is 6.07 Å². The molecule has 1 unspecified atom stereocenters. The Morgan fingerprint density at radius 1 is 1.33 bits per heavy atom. The molecule has 0 aromatic heterocycles. The summed E-state index contributed by atoms with van der Waals surface area (Å²) in [5.41, 5.74) is 6.16. The third-order valence-electron chi connectivity index (χ3n) is 2.57. The third-order valence-corrected chi connectivity index (χ3v) is 2.57. The van der Waals surface area contributed by atoms with Crippen LogP contribution in [0, 0.1) is 0 Å². The highest BCUT2D eigenvalue weighted by Crippen LogP contribution is 2.13. The van der Waals surface area contributed by atoms with Gasteiger partial charge in [0.05, 0.1) is 12.5 Å². The normalized spacial score (nSPS) is 19.2. The van der Waals surface area contributed by atoms with E-state index in [9.17, 15) is 14.4 Å². The quantitative estimate of drug-likeness (QED) is 0.765. The molecule has 1 fully saturated rings. The number of benzene rings is 1. The summed E-state index contributed by atoms with van der Waals surface area (Å²) in [6.07, 6.45) is -1.12. The van der Waals surface area contributed by atoms with Crippen molar-refractivity contribution in [2.75, 3.05) is 0 Å². The summed E-state index contributed by atoms with van der Waals surface area (Å²) in [6.45, 7) is 0.00592. The van der Waals surface area contributed by atoms with E-state index >= 15 is 0 Å². The van der Waals surface area contributed by atoms with Crippen molar-refractivity contribution >= 4 is 17.9 Å². The van der Waals surface area contributed by atoms with Crippen molar-refractivity contribution in [3.63, 3.8) is 0 Å². The van der Waals surface area contributed by atoms with Gasteiger partial charge in [-0.25, -0.2) is 4.79 Å². The number of imide groups is 3. The number of likely N-dealkylation sites (tertiary alicyclic amines) is 1. The van der Waals surface area contributed by atoms with Crippen LogP contribution in [0.2, 0.25) is 0 Å².